The summed E-state index contributed by atoms with van der Waals surface area (Å²) in [7, 11) is 0. The van der Waals surface area contributed by atoms with Crippen LogP contribution in [0.25, 0.3) is 0 Å². The molecule has 2 aromatic carbocycles. The van der Waals surface area contributed by atoms with Crippen LogP contribution >= 0.6 is 0 Å². The molecule has 0 spiro atoms. The van der Waals surface area contributed by atoms with Gasteiger partial charge in [0.25, 0.3) is 5.91 Å². The third-order valence-corrected chi connectivity index (χ3v) is 2.97. The normalized spacial score (nSPS) is 10.6. The van der Waals surface area contributed by atoms with E-state index in [9.17, 15) is 13.6 Å². The zero-order valence-electron chi connectivity index (χ0n) is 12.6. The van der Waals surface area contributed by atoms with E-state index in [0.717, 1.165) is 0 Å². The number of carbonyl (C=O) groups is 1. The molecule has 0 aliphatic heterocycles. The predicted molar refractivity (Wildman–Crippen MR) is 81.3 cm³/mol. The Balaban J connectivity index is 2.27. The van der Waals surface area contributed by atoms with Gasteiger partial charge in [0.05, 0.1) is 11.8 Å². The number of aryl methyl sites for hydroxylation is 1. The van der Waals surface area contributed by atoms with Crippen LogP contribution in [0.1, 0.15) is 29.8 Å². The molecule has 0 atom stereocenters. The number of halogens is 2. The molecule has 1 amide bonds. The van der Waals surface area contributed by atoms with Crippen molar-refractivity contribution in [3.63, 3.8) is 0 Å². The zero-order chi connectivity index (χ0) is 16.3. The van der Waals surface area contributed by atoms with E-state index in [0.29, 0.717) is 16.9 Å². The van der Waals surface area contributed by atoms with Gasteiger partial charge < -0.3 is 10.1 Å². The van der Waals surface area contributed by atoms with Gasteiger partial charge >= 0.3 is 0 Å². The molecule has 1 N–H and O–H groups in total. The molecule has 0 aliphatic rings. The molecule has 0 bridgehead atoms. The summed E-state index contributed by atoms with van der Waals surface area (Å²) in [6.07, 6.45) is -0.117. The average Bonchev–Trinajstić information content (AvgIpc) is 2.44. The van der Waals surface area contributed by atoms with E-state index in [1.165, 1.54) is 36.4 Å². The summed E-state index contributed by atoms with van der Waals surface area (Å²) >= 11 is 0. The number of hydrogen-bond donors (Lipinski definition) is 1. The number of nitrogens with one attached hydrogen (secondary N) is 1. The first-order chi connectivity index (χ1) is 10.4. The molecule has 5 heteroatoms. The van der Waals surface area contributed by atoms with E-state index in [1.54, 1.807) is 6.92 Å². The van der Waals surface area contributed by atoms with Crippen molar-refractivity contribution in [3.8, 4) is 5.75 Å². The number of benzene rings is 2. The van der Waals surface area contributed by atoms with Crippen molar-refractivity contribution in [3.05, 3.63) is 59.2 Å². The fourth-order valence-electron chi connectivity index (χ4n) is 1.94. The Hall–Kier alpha value is -2.43. The van der Waals surface area contributed by atoms with Gasteiger partial charge in [-0.3, -0.25) is 4.79 Å². The SMILES string of the molecule is Cc1cc(C(=O)Nc2cc(F)ccc2OC(C)C)ccc1F. The minimum Gasteiger partial charge on any atom is -0.489 e. The van der Waals surface area contributed by atoms with Gasteiger partial charge in [0, 0.05) is 11.6 Å². The van der Waals surface area contributed by atoms with Crippen molar-refractivity contribution in [1.82, 2.24) is 0 Å². The highest BCUT2D eigenvalue weighted by atomic mass is 19.1. The monoisotopic (exact) mass is 305 g/mol. The van der Waals surface area contributed by atoms with Gasteiger partial charge in [0.2, 0.25) is 0 Å². The maximum atomic E-state index is 13.4. The molecule has 116 valence electrons. The topological polar surface area (TPSA) is 38.3 Å². The Morgan fingerprint density at radius 3 is 2.50 bits per heavy atom. The molecule has 0 radical (unpaired) electrons. The van der Waals surface area contributed by atoms with Gasteiger partial charge in [0.1, 0.15) is 17.4 Å². The van der Waals surface area contributed by atoms with E-state index < -0.39 is 11.7 Å². The van der Waals surface area contributed by atoms with E-state index in [1.807, 2.05) is 13.8 Å². The molecular formula is C17H17F2NO2. The molecule has 2 aromatic rings. The molecule has 0 aliphatic carbocycles. The van der Waals surface area contributed by atoms with Crippen LogP contribution in [0.15, 0.2) is 36.4 Å². The third kappa shape index (κ3) is 3.81. The van der Waals surface area contributed by atoms with Crippen LogP contribution in [-0.2, 0) is 0 Å². The molecule has 0 aromatic heterocycles. The largest absolute Gasteiger partial charge is 0.489 e. The Kier molecular flexibility index (Phi) is 4.75. The average molecular weight is 305 g/mol. The lowest BCUT2D eigenvalue weighted by atomic mass is 10.1. The zero-order valence-corrected chi connectivity index (χ0v) is 12.6. The number of ether oxygens (including phenoxy) is 1. The van der Waals surface area contributed by atoms with Gasteiger partial charge in [-0.2, -0.15) is 0 Å². The molecule has 22 heavy (non-hydrogen) atoms. The number of amides is 1. The molecule has 0 heterocycles. The lowest BCUT2D eigenvalue weighted by molar-refractivity contribution is 0.102. The lowest BCUT2D eigenvalue weighted by Gasteiger charge is -2.15. The van der Waals surface area contributed by atoms with Crippen molar-refractivity contribution < 1.29 is 18.3 Å². The number of carbonyl (C=O) groups excluding carboxylic acids is 1. The highest BCUT2D eigenvalue weighted by Gasteiger charge is 2.13. The highest BCUT2D eigenvalue weighted by molar-refractivity contribution is 6.05. The molecule has 0 saturated carbocycles. The van der Waals surface area contributed by atoms with Gasteiger partial charge in [-0.15, -0.1) is 0 Å². The van der Waals surface area contributed by atoms with Gasteiger partial charge in [-0.05, 0) is 56.7 Å². The van der Waals surface area contributed by atoms with Gasteiger partial charge in [0.15, 0.2) is 0 Å². The van der Waals surface area contributed by atoms with Gasteiger partial charge in [-0.25, -0.2) is 8.78 Å². The van der Waals surface area contributed by atoms with Crippen LogP contribution in [0.3, 0.4) is 0 Å². The van der Waals surface area contributed by atoms with Crippen LogP contribution in [0.2, 0.25) is 0 Å². The van der Waals surface area contributed by atoms with E-state index >= 15 is 0 Å². The molecule has 0 fully saturated rings. The first-order valence-electron chi connectivity index (χ1n) is 6.90. The summed E-state index contributed by atoms with van der Waals surface area (Å²) in [5.41, 5.74) is 0.893. The summed E-state index contributed by atoms with van der Waals surface area (Å²) in [4.78, 5) is 12.2. The molecule has 2 rings (SSSR count). The summed E-state index contributed by atoms with van der Waals surface area (Å²) in [6, 6.07) is 7.94. The van der Waals surface area contributed by atoms with Crippen molar-refractivity contribution in [1.29, 1.82) is 0 Å². The number of hydrogen-bond acceptors (Lipinski definition) is 2. The van der Waals surface area contributed by atoms with Crippen molar-refractivity contribution >= 4 is 11.6 Å². The van der Waals surface area contributed by atoms with Crippen LogP contribution in [0.4, 0.5) is 14.5 Å². The summed E-state index contributed by atoms with van der Waals surface area (Å²) in [5, 5.41) is 2.59. The van der Waals surface area contributed by atoms with Crippen LogP contribution < -0.4 is 10.1 Å². The summed E-state index contributed by atoms with van der Waals surface area (Å²) in [5.74, 6) is -0.946. The fourth-order valence-corrected chi connectivity index (χ4v) is 1.94. The first kappa shape index (κ1) is 15.9. The standard InChI is InChI=1S/C17H17F2NO2/c1-10(2)22-16-7-5-13(18)9-15(16)20-17(21)12-4-6-14(19)11(3)8-12/h4-10H,1-3H3,(H,20,21). The van der Waals surface area contributed by atoms with E-state index in [-0.39, 0.29) is 17.6 Å². The van der Waals surface area contributed by atoms with Crippen molar-refractivity contribution in [2.45, 2.75) is 26.9 Å². The summed E-state index contributed by atoms with van der Waals surface area (Å²) in [6.45, 7) is 5.23. The number of anilines is 1. The lowest BCUT2D eigenvalue weighted by Crippen LogP contribution is -2.15. The van der Waals surface area contributed by atoms with Gasteiger partial charge in [-0.1, -0.05) is 0 Å². The maximum Gasteiger partial charge on any atom is 0.255 e. The van der Waals surface area contributed by atoms with E-state index in [4.69, 9.17) is 4.74 Å². The maximum absolute atomic E-state index is 13.4. The molecule has 3 nitrogen and oxygen atoms in total. The van der Waals surface area contributed by atoms with Crippen molar-refractivity contribution in [2.75, 3.05) is 5.32 Å². The Morgan fingerprint density at radius 1 is 1.14 bits per heavy atom. The predicted octanol–water partition coefficient (Wildman–Crippen LogP) is 4.31. The minimum absolute atomic E-state index is 0.117. The number of rotatable bonds is 4. The molecule has 0 unspecified atom stereocenters. The van der Waals surface area contributed by atoms with Crippen LogP contribution in [-0.4, -0.2) is 12.0 Å². The minimum atomic E-state index is -0.485. The Bertz CT molecular complexity index is 699. The Labute approximate surface area is 127 Å². The molecule has 0 saturated heterocycles. The van der Waals surface area contributed by atoms with E-state index in [2.05, 4.69) is 5.32 Å². The van der Waals surface area contributed by atoms with Crippen molar-refractivity contribution in [2.24, 2.45) is 0 Å². The first-order valence-corrected chi connectivity index (χ1v) is 6.90. The van der Waals surface area contributed by atoms with Crippen LogP contribution in [0.5, 0.6) is 5.75 Å². The second kappa shape index (κ2) is 6.56. The summed E-state index contributed by atoms with van der Waals surface area (Å²) < 4.78 is 32.2. The Morgan fingerprint density at radius 2 is 1.86 bits per heavy atom. The molecular weight excluding hydrogens is 288 g/mol. The quantitative estimate of drug-likeness (QED) is 0.914. The second-order valence-electron chi connectivity index (χ2n) is 5.23. The third-order valence-electron chi connectivity index (χ3n) is 2.97. The van der Waals surface area contributed by atoms with Crippen LogP contribution in [0, 0.1) is 18.6 Å². The second-order valence-corrected chi connectivity index (χ2v) is 5.23. The highest BCUT2D eigenvalue weighted by Crippen LogP contribution is 2.27. The smallest absolute Gasteiger partial charge is 0.255 e. The fraction of sp³-hybridized carbons (Fsp3) is 0.235.